The number of ether oxygens (including phenoxy) is 1. The minimum Gasteiger partial charge on any atom is -0.399 e. The van der Waals surface area contributed by atoms with Crippen molar-refractivity contribution in [1.82, 2.24) is 4.90 Å². The fourth-order valence-corrected chi connectivity index (χ4v) is 2.50. The van der Waals surface area contributed by atoms with Gasteiger partial charge < -0.3 is 10.5 Å². The van der Waals surface area contributed by atoms with Crippen molar-refractivity contribution in [2.24, 2.45) is 0 Å². The Kier molecular flexibility index (Phi) is 4.00. The minimum absolute atomic E-state index is 0.803. The molecule has 3 rings (SSSR count). The van der Waals surface area contributed by atoms with Gasteiger partial charge in [0.15, 0.2) is 0 Å². The van der Waals surface area contributed by atoms with Gasteiger partial charge in [-0.15, -0.1) is 0 Å². The van der Waals surface area contributed by atoms with E-state index in [1.807, 2.05) is 12.1 Å². The van der Waals surface area contributed by atoms with Crippen molar-refractivity contribution in [3.05, 3.63) is 54.1 Å². The standard InChI is InChI=1S/C17H20N2O/c18-17-7-5-16(6-8-17)15-3-1-14(2-4-15)13-19-9-11-20-12-10-19/h1-8H,9-13,18H2. The quantitative estimate of drug-likeness (QED) is 0.870. The van der Waals surface area contributed by atoms with Crippen LogP contribution in [0.2, 0.25) is 0 Å². The van der Waals surface area contributed by atoms with Gasteiger partial charge in [0.05, 0.1) is 13.2 Å². The lowest BCUT2D eigenvalue weighted by Crippen LogP contribution is -2.35. The van der Waals surface area contributed by atoms with E-state index >= 15 is 0 Å². The lowest BCUT2D eigenvalue weighted by molar-refractivity contribution is 0.0342. The summed E-state index contributed by atoms with van der Waals surface area (Å²) in [4.78, 5) is 2.43. The summed E-state index contributed by atoms with van der Waals surface area (Å²) in [7, 11) is 0. The molecule has 2 aromatic rings. The van der Waals surface area contributed by atoms with Crippen LogP contribution in [0.25, 0.3) is 11.1 Å². The SMILES string of the molecule is Nc1ccc(-c2ccc(CN3CCOCC3)cc2)cc1. The van der Waals surface area contributed by atoms with Gasteiger partial charge in [-0.3, -0.25) is 4.90 Å². The second-order valence-electron chi connectivity index (χ2n) is 5.21. The monoisotopic (exact) mass is 268 g/mol. The van der Waals surface area contributed by atoms with Crippen molar-refractivity contribution in [1.29, 1.82) is 0 Å². The van der Waals surface area contributed by atoms with E-state index < -0.39 is 0 Å². The largest absolute Gasteiger partial charge is 0.399 e. The molecule has 20 heavy (non-hydrogen) atoms. The van der Waals surface area contributed by atoms with E-state index in [9.17, 15) is 0 Å². The molecule has 1 saturated heterocycles. The highest BCUT2D eigenvalue weighted by Crippen LogP contribution is 2.21. The molecule has 0 aliphatic carbocycles. The normalized spacial score (nSPS) is 16.2. The first-order chi connectivity index (χ1) is 9.81. The van der Waals surface area contributed by atoms with Crippen molar-refractivity contribution < 1.29 is 4.74 Å². The predicted octanol–water partition coefficient (Wildman–Crippen LogP) is 2.77. The molecule has 1 aliphatic rings. The highest BCUT2D eigenvalue weighted by Gasteiger charge is 2.10. The number of hydrogen-bond acceptors (Lipinski definition) is 3. The van der Waals surface area contributed by atoms with Crippen LogP contribution in [0.5, 0.6) is 0 Å². The van der Waals surface area contributed by atoms with E-state index in [0.29, 0.717) is 0 Å². The molecule has 2 N–H and O–H groups in total. The Bertz CT molecular complexity index is 542. The number of rotatable bonds is 3. The maximum atomic E-state index is 5.72. The Hall–Kier alpha value is -1.84. The summed E-state index contributed by atoms with van der Waals surface area (Å²) in [6.45, 7) is 4.76. The van der Waals surface area contributed by atoms with Crippen molar-refractivity contribution in [2.45, 2.75) is 6.54 Å². The van der Waals surface area contributed by atoms with Crippen LogP contribution in [-0.4, -0.2) is 31.2 Å². The summed E-state index contributed by atoms with van der Waals surface area (Å²) in [5.41, 5.74) is 10.3. The van der Waals surface area contributed by atoms with Crippen LogP contribution in [-0.2, 0) is 11.3 Å². The number of nitrogens with zero attached hydrogens (tertiary/aromatic N) is 1. The van der Waals surface area contributed by atoms with Gasteiger partial charge in [-0.25, -0.2) is 0 Å². The molecule has 1 aliphatic heterocycles. The van der Waals surface area contributed by atoms with Crippen LogP contribution >= 0.6 is 0 Å². The van der Waals surface area contributed by atoms with Crippen molar-refractivity contribution in [3.63, 3.8) is 0 Å². The Labute approximate surface area is 120 Å². The molecule has 104 valence electrons. The smallest absolute Gasteiger partial charge is 0.0594 e. The zero-order valence-corrected chi connectivity index (χ0v) is 11.6. The van der Waals surface area contributed by atoms with Gasteiger partial charge >= 0.3 is 0 Å². The number of nitrogen functional groups attached to an aromatic ring is 1. The molecule has 0 bridgehead atoms. The summed E-state index contributed by atoms with van der Waals surface area (Å²) in [5.74, 6) is 0. The van der Waals surface area contributed by atoms with E-state index in [1.54, 1.807) is 0 Å². The molecule has 0 atom stereocenters. The third-order valence-corrected chi connectivity index (χ3v) is 3.71. The second kappa shape index (κ2) is 6.07. The van der Waals surface area contributed by atoms with Crippen LogP contribution in [0.15, 0.2) is 48.5 Å². The van der Waals surface area contributed by atoms with E-state index in [-0.39, 0.29) is 0 Å². The maximum absolute atomic E-state index is 5.72. The van der Waals surface area contributed by atoms with E-state index in [4.69, 9.17) is 10.5 Å². The molecular weight excluding hydrogens is 248 g/mol. The van der Waals surface area contributed by atoms with Gasteiger partial charge in [0.2, 0.25) is 0 Å². The van der Waals surface area contributed by atoms with Gasteiger partial charge in [-0.2, -0.15) is 0 Å². The van der Waals surface area contributed by atoms with Crippen molar-refractivity contribution in [3.8, 4) is 11.1 Å². The Morgan fingerprint density at radius 3 is 2.00 bits per heavy atom. The van der Waals surface area contributed by atoms with Gasteiger partial charge in [-0.05, 0) is 28.8 Å². The fourth-order valence-electron chi connectivity index (χ4n) is 2.50. The summed E-state index contributed by atoms with van der Waals surface area (Å²) >= 11 is 0. The third-order valence-electron chi connectivity index (χ3n) is 3.71. The van der Waals surface area contributed by atoms with Crippen LogP contribution in [0, 0.1) is 0 Å². The topological polar surface area (TPSA) is 38.5 Å². The van der Waals surface area contributed by atoms with Gasteiger partial charge in [-0.1, -0.05) is 36.4 Å². The molecule has 0 radical (unpaired) electrons. The lowest BCUT2D eigenvalue weighted by atomic mass is 10.0. The number of morpholine rings is 1. The van der Waals surface area contributed by atoms with E-state index in [1.165, 1.54) is 16.7 Å². The van der Waals surface area contributed by atoms with Crippen LogP contribution < -0.4 is 5.73 Å². The van der Waals surface area contributed by atoms with Gasteiger partial charge in [0, 0.05) is 25.3 Å². The second-order valence-corrected chi connectivity index (χ2v) is 5.21. The first-order valence-corrected chi connectivity index (χ1v) is 7.06. The molecule has 1 heterocycles. The van der Waals surface area contributed by atoms with Crippen LogP contribution in [0.3, 0.4) is 0 Å². The van der Waals surface area contributed by atoms with E-state index in [2.05, 4.69) is 41.3 Å². The number of nitrogens with two attached hydrogens (primary N) is 1. The summed E-state index contributed by atoms with van der Waals surface area (Å²) in [5, 5.41) is 0. The number of anilines is 1. The summed E-state index contributed by atoms with van der Waals surface area (Å²) in [6.07, 6.45) is 0. The third kappa shape index (κ3) is 3.18. The van der Waals surface area contributed by atoms with Crippen molar-refractivity contribution >= 4 is 5.69 Å². The molecule has 0 amide bonds. The molecule has 2 aromatic carbocycles. The molecule has 1 fully saturated rings. The Morgan fingerprint density at radius 1 is 0.850 bits per heavy atom. The van der Waals surface area contributed by atoms with Crippen LogP contribution in [0.1, 0.15) is 5.56 Å². The van der Waals surface area contributed by atoms with Crippen LogP contribution in [0.4, 0.5) is 5.69 Å². The first kappa shape index (κ1) is 13.2. The zero-order chi connectivity index (χ0) is 13.8. The molecule has 3 heteroatoms. The molecule has 0 saturated carbocycles. The first-order valence-electron chi connectivity index (χ1n) is 7.06. The molecule has 3 nitrogen and oxygen atoms in total. The maximum Gasteiger partial charge on any atom is 0.0594 e. The average Bonchev–Trinajstić information content (AvgIpc) is 2.50. The number of hydrogen-bond donors (Lipinski definition) is 1. The summed E-state index contributed by atoms with van der Waals surface area (Å²) < 4.78 is 5.37. The zero-order valence-electron chi connectivity index (χ0n) is 11.6. The predicted molar refractivity (Wildman–Crippen MR) is 82.4 cm³/mol. The molecular formula is C17H20N2O. The van der Waals surface area contributed by atoms with E-state index in [0.717, 1.165) is 38.5 Å². The molecule has 0 spiro atoms. The Morgan fingerprint density at radius 2 is 1.40 bits per heavy atom. The summed E-state index contributed by atoms with van der Waals surface area (Å²) in [6, 6.07) is 16.8. The van der Waals surface area contributed by atoms with Gasteiger partial charge in [0.25, 0.3) is 0 Å². The fraction of sp³-hybridized carbons (Fsp3) is 0.294. The minimum atomic E-state index is 0.803. The lowest BCUT2D eigenvalue weighted by Gasteiger charge is -2.26. The highest BCUT2D eigenvalue weighted by molar-refractivity contribution is 5.65. The molecule has 0 unspecified atom stereocenters. The Balaban J connectivity index is 1.69. The highest BCUT2D eigenvalue weighted by atomic mass is 16.5. The molecule has 0 aromatic heterocycles. The average molecular weight is 268 g/mol. The van der Waals surface area contributed by atoms with Crippen molar-refractivity contribution in [2.75, 3.05) is 32.0 Å². The number of benzene rings is 2. The van der Waals surface area contributed by atoms with Gasteiger partial charge in [0.1, 0.15) is 0 Å².